The molecule has 0 N–H and O–H groups in total. The minimum Gasteiger partial charge on any atom is -0.248 e. The minimum atomic E-state index is -3.07. The molecular formula is C21H18N2O2S. The number of hydrogen-bond acceptors (Lipinski definition) is 4. The third kappa shape index (κ3) is 3.47. The van der Waals surface area contributed by atoms with Gasteiger partial charge in [-0.25, -0.2) is 13.4 Å². The summed E-state index contributed by atoms with van der Waals surface area (Å²) in [5.74, 6) is 0.566. The van der Waals surface area contributed by atoms with Crippen LogP contribution in [0.4, 0.5) is 0 Å². The number of aromatic nitrogens is 1. The van der Waals surface area contributed by atoms with Crippen molar-refractivity contribution in [3.05, 3.63) is 65.2 Å². The lowest BCUT2D eigenvalue weighted by Gasteiger charge is -2.11. The second-order valence-electron chi connectivity index (χ2n) is 6.98. The van der Waals surface area contributed by atoms with E-state index < -0.39 is 9.84 Å². The van der Waals surface area contributed by atoms with Crippen molar-refractivity contribution in [2.45, 2.75) is 24.5 Å². The zero-order valence-corrected chi connectivity index (χ0v) is 15.3. The Balaban J connectivity index is 1.84. The number of nitrogens with zero attached hydrogens (tertiary/aromatic N) is 2. The summed E-state index contributed by atoms with van der Waals surface area (Å²) in [5.41, 5.74) is 5.42. The molecule has 0 radical (unpaired) electrons. The molecule has 0 bridgehead atoms. The molecule has 0 aliphatic heterocycles. The zero-order chi connectivity index (χ0) is 18.3. The molecular weight excluding hydrogens is 344 g/mol. The molecule has 4 nitrogen and oxygen atoms in total. The highest BCUT2D eigenvalue weighted by Gasteiger charge is 2.26. The molecule has 5 heteroatoms. The summed E-state index contributed by atoms with van der Waals surface area (Å²) in [6.07, 6.45) is 3.57. The molecule has 0 spiro atoms. The van der Waals surface area contributed by atoms with E-state index in [-0.39, 0.29) is 5.75 Å². The Morgan fingerprint density at radius 2 is 1.85 bits per heavy atom. The fourth-order valence-corrected chi connectivity index (χ4v) is 4.07. The van der Waals surface area contributed by atoms with Crippen molar-refractivity contribution in [2.75, 3.05) is 6.26 Å². The van der Waals surface area contributed by atoms with Crippen molar-refractivity contribution in [2.24, 2.45) is 0 Å². The van der Waals surface area contributed by atoms with Gasteiger partial charge < -0.3 is 0 Å². The molecule has 0 atom stereocenters. The second-order valence-corrected chi connectivity index (χ2v) is 9.12. The van der Waals surface area contributed by atoms with Gasteiger partial charge in [-0.3, -0.25) is 0 Å². The standard InChI is InChI=1S/C21H18N2O2S/c1-26(24,25)13-15-4-9-20-19(10-15)18(16-7-8-16)11-21(23-20)17-5-2-14(12-22)3-6-17/h2-6,9-11,16H,7-8,13H2,1H3. The number of fused-ring (bicyclic) bond motifs is 1. The van der Waals surface area contributed by atoms with Crippen LogP contribution in [-0.2, 0) is 15.6 Å². The molecule has 1 heterocycles. The summed E-state index contributed by atoms with van der Waals surface area (Å²) >= 11 is 0. The van der Waals surface area contributed by atoms with Crippen LogP contribution in [0.5, 0.6) is 0 Å². The van der Waals surface area contributed by atoms with Crippen LogP contribution in [0, 0.1) is 11.3 Å². The van der Waals surface area contributed by atoms with Gasteiger partial charge in [0.2, 0.25) is 0 Å². The van der Waals surface area contributed by atoms with Gasteiger partial charge in [0.1, 0.15) is 0 Å². The molecule has 2 aromatic carbocycles. The molecule has 4 rings (SSSR count). The molecule has 0 unspecified atom stereocenters. The Hall–Kier alpha value is -2.71. The van der Waals surface area contributed by atoms with Crippen LogP contribution in [0.3, 0.4) is 0 Å². The summed E-state index contributed by atoms with van der Waals surface area (Å²) in [4.78, 5) is 4.78. The van der Waals surface area contributed by atoms with Gasteiger partial charge in [-0.05, 0) is 60.2 Å². The van der Waals surface area contributed by atoms with Crippen molar-refractivity contribution in [3.8, 4) is 17.3 Å². The SMILES string of the molecule is CS(=O)(=O)Cc1ccc2nc(-c3ccc(C#N)cc3)cc(C3CC3)c2c1. The first kappa shape index (κ1) is 16.7. The average Bonchev–Trinajstić information content (AvgIpc) is 3.44. The van der Waals surface area contributed by atoms with Gasteiger partial charge in [-0.15, -0.1) is 0 Å². The normalized spacial score (nSPS) is 14.3. The zero-order valence-electron chi connectivity index (χ0n) is 14.4. The summed E-state index contributed by atoms with van der Waals surface area (Å²) in [5, 5.41) is 10.0. The number of rotatable bonds is 4. The summed E-state index contributed by atoms with van der Waals surface area (Å²) in [7, 11) is -3.07. The van der Waals surface area contributed by atoms with Crippen molar-refractivity contribution in [1.29, 1.82) is 5.26 Å². The Morgan fingerprint density at radius 1 is 1.12 bits per heavy atom. The number of sulfone groups is 1. The van der Waals surface area contributed by atoms with E-state index in [0.29, 0.717) is 11.5 Å². The van der Waals surface area contributed by atoms with Gasteiger partial charge in [-0.2, -0.15) is 5.26 Å². The lowest BCUT2D eigenvalue weighted by molar-refractivity contribution is 0.601. The summed E-state index contributed by atoms with van der Waals surface area (Å²) in [6, 6.07) is 17.4. The monoisotopic (exact) mass is 362 g/mol. The molecule has 130 valence electrons. The smallest absolute Gasteiger partial charge is 0.151 e. The predicted molar refractivity (Wildman–Crippen MR) is 102 cm³/mol. The third-order valence-electron chi connectivity index (χ3n) is 4.66. The Bertz CT molecular complexity index is 1140. The van der Waals surface area contributed by atoms with E-state index in [2.05, 4.69) is 12.1 Å². The maximum Gasteiger partial charge on any atom is 0.151 e. The van der Waals surface area contributed by atoms with Gasteiger partial charge in [0.05, 0.1) is 28.6 Å². The lowest BCUT2D eigenvalue weighted by Crippen LogP contribution is -2.01. The van der Waals surface area contributed by atoms with Gasteiger partial charge in [-0.1, -0.05) is 18.2 Å². The number of hydrogen-bond donors (Lipinski definition) is 0. The fourth-order valence-electron chi connectivity index (χ4n) is 3.29. The molecule has 0 amide bonds. The van der Waals surface area contributed by atoms with Crippen LogP contribution in [0.15, 0.2) is 48.5 Å². The lowest BCUT2D eigenvalue weighted by atomic mass is 9.99. The first-order valence-corrected chi connectivity index (χ1v) is 10.6. The topological polar surface area (TPSA) is 70.8 Å². The Kier molecular flexibility index (Phi) is 4.01. The largest absolute Gasteiger partial charge is 0.248 e. The molecule has 1 aliphatic rings. The first-order valence-electron chi connectivity index (χ1n) is 8.55. The van der Waals surface area contributed by atoms with E-state index in [0.717, 1.165) is 40.6 Å². The van der Waals surface area contributed by atoms with E-state index in [1.807, 2.05) is 30.3 Å². The van der Waals surface area contributed by atoms with Gasteiger partial charge in [0.15, 0.2) is 9.84 Å². The van der Waals surface area contributed by atoms with Crippen molar-refractivity contribution < 1.29 is 8.42 Å². The van der Waals surface area contributed by atoms with E-state index >= 15 is 0 Å². The molecule has 3 aromatic rings. The van der Waals surface area contributed by atoms with Crippen LogP contribution in [0.25, 0.3) is 22.2 Å². The van der Waals surface area contributed by atoms with E-state index in [1.165, 1.54) is 11.8 Å². The van der Waals surface area contributed by atoms with E-state index in [9.17, 15) is 8.42 Å². The number of pyridine rings is 1. The van der Waals surface area contributed by atoms with Crippen molar-refractivity contribution in [1.82, 2.24) is 4.98 Å². The van der Waals surface area contributed by atoms with Crippen LogP contribution in [0.2, 0.25) is 0 Å². The maximum atomic E-state index is 11.6. The Morgan fingerprint density at radius 3 is 2.46 bits per heavy atom. The predicted octanol–water partition coefficient (Wildman–Crippen LogP) is 4.20. The van der Waals surface area contributed by atoms with E-state index in [4.69, 9.17) is 10.2 Å². The van der Waals surface area contributed by atoms with Crippen molar-refractivity contribution >= 4 is 20.7 Å². The van der Waals surface area contributed by atoms with Gasteiger partial charge in [0, 0.05) is 17.2 Å². The molecule has 1 fully saturated rings. The highest BCUT2D eigenvalue weighted by atomic mass is 32.2. The highest BCUT2D eigenvalue weighted by Crippen LogP contribution is 2.44. The fraction of sp³-hybridized carbons (Fsp3) is 0.238. The first-order chi connectivity index (χ1) is 12.4. The van der Waals surface area contributed by atoms with Crippen LogP contribution >= 0.6 is 0 Å². The van der Waals surface area contributed by atoms with Gasteiger partial charge in [0.25, 0.3) is 0 Å². The Labute approximate surface area is 153 Å². The molecule has 26 heavy (non-hydrogen) atoms. The number of benzene rings is 2. The second kappa shape index (κ2) is 6.22. The minimum absolute atomic E-state index is 0.0461. The quantitative estimate of drug-likeness (QED) is 0.697. The van der Waals surface area contributed by atoms with Crippen LogP contribution in [0.1, 0.15) is 35.4 Å². The molecule has 1 saturated carbocycles. The summed E-state index contributed by atoms with van der Waals surface area (Å²) in [6.45, 7) is 0. The summed E-state index contributed by atoms with van der Waals surface area (Å²) < 4.78 is 23.2. The molecule has 1 aliphatic carbocycles. The van der Waals surface area contributed by atoms with E-state index in [1.54, 1.807) is 12.1 Å². The number of nitriles is 1. The molecule has 0 saturated heterocycles. The average molecular weight is 362 g/mol. The molecule has 1 aromatic heterocycles. The highest BCUT2D eigenvalue weighted by molar-refractivity contribution is 7.89. The van der Waals surface area contributed by atoms with Crippen LogP contribution < -0.4 is 0 Å². The maximum absolute atomic E-state index is 11.6. The third-order valence-corrected chi connectivity index (χ3v) is 5.52. The van der Waals surface area contributed by atoms with Crippen LogP contribution in [-0.4, -0.2) is 19.7 Å². The van der Waals surface area contributed by atoms with Crippen molar-refractivity contribution in [3.63, 3.8) is 0 Å². The van der Waals surface area contributed by atoms with Gasteiger partial charge >= 0.3 is 0 Å².